The van der Waals surface area contributed by atoms with Gasteiger partial charge in [-0.1, -0.05) is 20.3 Å². The van der Waals surface area contributed by atoms with Crippen molar-refractivity contribution < 1.29 is 24.5 Å². The molecule has 132 valence electrons. The summed E-state index contributed by atoms with van der Waals surface area (Å²) in [6.45, 7) is 11.2. The first-order valence-electron chi connectivity index (χ1n) is 8.04. The third-order valence-corrected chi connectivity index (χ3v) is 3.20. The molecule has 0 aromatic carbocycles. The van der Waals surface area contributed by atoms with Crippen molar-refractivity contribution in [1.29, 1.82) is 0 Å². The third-order valence-electron chi connectivity index (χ3n) is 3.20. The molecule has 0 spiro atoms. The number of carbonyl (C=O) groups excluding carboxylic acids is 1. The average molecular weight is 319 g/mol. The van der Waals surface area contributed by atoms with Gasteiger partial charge in [-0.15, -0.1) is 0 Å². The van der Waals surface area contributed by atoms with Gasteiger partial charge in [0.05, 0.1) is 11.7 Å². The molecule has 0 saturated carbocycles. The van der Waals surface area contributed by atoms with E-state index >= 15 is 0 Å². The second-order valence-electron chi connectivity index (χ2n) is 6.81. The van der Waals surface area contributed by atoms with E-state index in [9.17, 15) is 15.0 Å². The molecule has 6 nitrogen and oxygen atoms in total. The Labute approximate surface area is 134 Å². The van der Waals surface area contributed by atoms with Gasteiger partial charge in [-0.05, 0) is 40.5 Å². The highest BCUT2D eigenvalue weighted by Crippen LogP contribution is 2.23. The predicted octanol–water partition coefficient (Wildman–Crippen LogP) is 2.57. The van der Waals surface area contributed by atoms with Gasteiger partial charge in [0.1, 0.15) is 5.60 Å². The molecule has 0 aromatic heterocycles. The number of hydrogen-bond donors (Lipinski definition) is 3. The van der Waals surface area contributed by atoms with Crippen LogP contribution in [0.15, 0.2) is 0 Å². The van der Waals surface area contributed by atoms with Crippen molar-refractivity contribution >= 4 is 6.09 Å². The third kappa shape index (κ3) is 9.23. The maximum atomic E-state index is 11.5. The standard InChI is InChI=1S/C16H33NO5/c1-7-10-16(6,20)12(8-2)21-13(18)9-11-17-14(19)22-15(3,4)5/h12-13,18,20H,7-11H2,1-6H3,(H,17,19). The van der Waals surface area contributed by atoms with E-state index in [1.54, 1.807) is 27.7 Å². The van der Waals surface area contributed by atoms with Gasteiger partial charge in [-0.2, -0.15) is 0 Å². The van der Waals surface area contributed by atoms with Crippen LogP contribution in [0, 0.1) is 0 Å². The summed E-state index contributed by atoms with van der Waals surface area (Å²) in [6, 6.07) is 0. The number of ether oxygens (including phenoxy) is 2. The van der Waals surface area contributed by atoms with Crippen LogP contribution in [0.4, 0.5) is 4.79 Å². The molecule has 0 aromatic rings. The number of carbonyl (C=O) groups is 1. The lowest BCUT2D eigenvalue weighted by Gasteiger charge is -2.33. The Kier molecular flexibility index (Phi) is 8.96. The van der Waals surface area contributed by atoms with Crippen LogP contribution >= 0.6 is 0 Å². The first-order valence-corrected chi connectivity index (χ1v) is 8.04. The van der Waals surface area contributed by atoms with Crippen molar-refractivity contribution in [1.82, 2.24) is 5.32 Å². The Hall–Kier alpha value is -0.850. The summed E-state index contributed by atoms with van der Waals surface area (Å²) >= 11 is 0. The van der Waals surface area contributed by atoms with Crippen LogP contribution in [-0.2, 0) is 9.47 Å². The summed E-state index contributed by atoms with van der Waals surface area (Å²) in [5.74, 6) is 0. The van der Waals surface area contributed by atoms with E-state index in [4.69, 9.17) is 9.47 Å². The van der Waals surface area contributed by atoms with Crippen LogP contribution < -0.4 is 5.32 Å². The minimum atomic E-state index is -1.04. The monoisotopic (exact) mass is 319 g/mol. The molecular weight excluding hydrogens is 286 g/mol. The molecule has 0 heterocycles. The van der Waals surface area contributed by atoms with E-state index in [-0.39, 0.29) is 13.0 Å². The summed E-state index contributed by atoms with van der Waals surface area (Å²) in [7, 11) is 0. The van der Waals surface area contributed by atoms with Crippen molar-refractivity contribution in [2.45, 2.75) is 90.8 Å². The van der Waals surface area contributed by atoms with E-state index in [1.165, 1.54) is 0 Å². The van der Waals surface area contributed by atoms with Crippen LogP contribution in [0.2, 0.25) is 0 Å². The molecular formula is C16H33NO5. The zero-order valence-electron chi connectivity index (χ0n) is 14.8. The molecule has 0 aliphatic rings. The zero-order chi connectivity index (χ0) is 17.4. The van der Waals surface area contributed by atoms with Gasteiger partial charge in [0, 0.05) is 13.0 Å². The van der Waals surface area contributed by atoms with Crippen molar-refractivity contribution in [3.05, 3.63) is 0 Å². The number of aliphatic hydroxyl groups is 2. The van der Waals surface area contributed by atoms with Gasteiger partial charge in [0.2, 0.25) is 0 Å². The minimum Gasteiger partial charge on any atom is -0.444 e. The summed E-state index contributed by atoms with van der Waals surface area (Å²) in [5, 5.41) is 22.8. The molecule has 3 atom stereocenters. The molecule has 0 saturated heterocycles. The van der Waals surface area contributed by atoms with E-state index in [2.05, 4.69) is 5.32 Å². The summed E-state index contributed by atoms with van der Waals surface area (Å²) < 4.78 is 10.6. The van der Waals surface area contributed by atoms with Crippen LogP contribution in [0.5, 0.6) is 0 Å². The van der Waals surface area contributed by atoms with Crippen LogP contribution in [0.3, 0.4) is 0 Å². The maximum absolute atomic E-state index is 11.5. The first-order chi connectivity index (χ1) is 10.0. The SMILES string of the molecule is CCCC(C)(O)C(CC)OC(O)CCNC(=O)OC(C)(C)C. The van der Waals surface area contributed by atoms with Crippen molar-refractivity contribution in [2.75, 3.05) is 6.54 Å². The number of alkyl carbamates (subject to hydrolysis) is 1. The molecule has 0 radical (unpaired) electrons. The van der Waals surface area contributed by atoms with Crippen molar-refractivity contribution in [3.8, 4) is 0 Å². The molecule has 0 aliphatic heterocycles. The highest BCUT2D eigenvalue weighted by molar-refractivity contribution is 5.67. The number of amides is 1. The second kappa shape index (κ2) is 9.33. The van der Waals surface area contributed by atoms with Gasteiger partial charge in [-0.25, -0.2) is 4.79 Å². The van der Waals surface area contributed by atoms with Gasteiger partial charge >= 0.3 is 6.09 Å². The fourth-order valence-electron chi connectivity index (χ4n) is 2.22. The number of nitrogens with one attached hydrogen (secondary N) is 1. The summed E-state index contributed by atoms with van der Waals surface area (Å²) in [4.78, 5) is 11.5. The van der Waals surface area contributed by atoms with Crippen LogP contribution in [-0.4, -0.2) is 46.4 Å². The maximum Gasteiger partial charge on any atom is 0.407 e. The van der Waals surface area contributed by atoms with Gasteiger partial charge in [-0.3, -0.25) is 0 Å². The topological polar surface area (TPSA) is 88.0 Å². The van der Waals surface area contributed by atoms with Crippen LogP contribution in [0.25, 0.3) is 0 Å². The second-order valence-corrected chi connectivity index (χ2v) is 6.81. The average Bonchev–Trinajstić information content (AvgIpc) is 2.33. The minimum absolute atomic E-state index is 0.234. The Morgan fingerprint density at radius 3 is 2.27 bits per heavy atom. The Morgan fingerprint density at radius 2 is 1.82 bits per heavy atom. The summed E-state index contributed by atoms with van der Waals surface area (Å²) in [6.07, 6.45) is 0.274. The lowest BCUT2D eigenvalue weighted by Crippen LogP contribution is -2.43. The molecule has 0 bridgehead atoms. The molecule has 6 heteroatoms. The lowest BCUT2D eigenvalue weighted by atomic mass is 9.92. The smallest absolute Gasteiger partial charge is 0.407 e. The Balaban J connectivity index is 4.16. The lowest BCUT2D eigenvalue weighted by molar-refractivity contribution is -0.195. The Bertz CT molecular complexity index is 325. The summed E-state index contributed by atoms with van der Waals surface area (Å²) in [5.41, 5.74) is -1.52. The van der Waals surface area contributed by atoms with E-state index in [0.717, 1.165) is 6.42 Å². The number of hydrogen-bond acceptors (Lipinski definition) is 5. The van der Waals surface area contributed by atoms with Crippen LogP contribution in [0.1, 0.15) is 67.2 Å². The van der Waals surface area contributed by atoms with E-state index < -0.39 is 29.7 Å². The zero-order valence-corrected chi connectivity index (χ0v) is 14.8. The quantitative estimate of drug-likeness (QED) is 0.568. The number of rotatable bonds is 9. The fourth-order valence-corrected chi connectivity index (χ4v) is 2.22. The molecule has 22 heavy (non-hydrogen) atoms. The highest BCUT2D eigenvalue weighted by Gasteiger charge is 2.32. The molecule has 1 amide bonds. The van der Waals surface area contributed by atoms with E-state index in [1.807, 2.05) is 13.8 Å². The molecule has 0 fully saturated rings. The molecule has 0 rings (SSSR count). The molecule has 3 N–H and O–H groups in total. The van der Waals surface area contributed by atoms with E-state index in [0.29, 0.717) is 12.8 Å². The molecule has 0 aliphatic carbocycles. The highest BCUT2D eigenvalue weighted by atomic mass is 16.6. The Morgan fingerprint density at radius 1 is 1.23 bits per heavy atom. The fraction of sp³-hybridized carbons (Fsp3) is 0.938. The first kappa shape index (κ1) is 21.1. The van der Waals surface area contributed by atoms with Crippen molar-refractivity contribution in [2.24, 2.45) is 0 Å². The predicted molar refractivity (Wildman–Crippen MR) is 85.6 cm³/mol. The number of aliphatic hydroxyl groups excluding tert-OH is 1. The normalized spacial score (nSPS) is 17.5. The van der Waals surface area contributed by atoms with Crippen molar-refractivity contribution in [3.63, 3.8) is 0 Å². The largest absolute Gasteiger partial charge is 0.444 e. The van der Waals surface area contributed by atoms with Gasteiger partial charge in [0.25, 0.3) is 0 Å². The van der Waals surface area contributed by atoms with Gasteiger partial charge < -0.3 is 25.0 Å². The van der Waals surface area contributed by atoms with Gasteiger partial charge in [0.15, 0.2) is 6.29 Å². The molecule has 3 unspecified atom stereocenters.